The summed E-state index contributed by atoms with van der Waals surface area (Å²) in [6.45, 7) is 3.55. The number of nitrogens with zero attached hydrogens (tertiary/aromatic N) is 5. The van der Waals surface area contributed by atoms with E-state index in [1.165, 1.54) is 12.8 Å². The van der Waals surface area contributed by atoms with Crippen molar-refractivity contribution in [3.05, 3.63) is 27.2 Å². The van der Waals surface area contributed by atoms with Crippen LogP contribution in [-0.2, 0) is 13.2 Å². The maximum absolute atomic E-state index is 5.45. The largest absolute Gasteiger partial charge is 0.303 e. The average molecular weight is 295 g/mol. The first-order valence-electron chi connectivity index (χ1n) is 6.37. The van der Waals surface area contributed by atoms with Crippen LogP contribution in [0.5, 0.6) is 0 Å². The Hall–Kier alpha value is -1.05. The van der Waals surface area contributed by atoms with Gasteiger partial charge in [-0.2, -0.15) is 5.10 Å². The van der Waals surface area contributed by atoms with Gasteiger partial charge in [0, 0.05) is 18.0 Å². The van der Waals surface area contributed by atoms with Crippen molar-refractivity contribution in [3.8, 4) is 0 Å². The number of thiazole rings is 1. The zero-order valence-corrected chi connectivity index (χ0v) is 12.7. The molecule has 0 unspecified atom stereocenters. The number of rotatable bonds is 5. The first-order chi connectivity index (χ1) is 9.13. The van der Waals surface area contributed by atoms with Crippen LogP contribution >= 0.6 is 23.6 Å². The molecule has 0 bridgehead atoms. The number of aromatic nitrogens is 4. The Balaban J connectivity index is 1.65. The van der Waals surface area contributed by atoms with E-state index in [1.807, 2.05) is 17.9 Å². The molecule has 0 N–H and O–H groups in total. The van der Waals surface area contributed by atoms with Gasteiger partial charge in [-0.1, -0.05) is 0 Å². The van der Waals surface area contributed by atoms with Gasteiger partial charge in [0.05, 0.1) is 17.4 Å². The zero-order valence-electron chi connectivity index (χ0n) is 11.1. The third-order valence-corrected chi connectivity index (χ3v) is 4.42. The molecule has 0 atom stereocenters. The van der Waals surface area contributed by atoms with Gasteiger partial charge in [0.25, 0.3) is 0 Å². The normalized spacial score (nSPS) is 15.3. The van der Waals surface area contributed by atoms with Gasteiger partial charge in [0.1, 0.15) is 6.33 Å². The standard InChI is InChI=1S/C12H17N5S2/c1-9-14-10(6-19-9)5-15(2)8-17-12(18)16(7-13-17)11-3-4-11/h6-7,11H,3-5,8H2,1-2H3. The lowest BCUT2D eigenvalue weighted by Gasteiger charge is -2.14. The molecule has 1 fully saturated rings. The highest BCUT2D eigenvalue weighted by Crippen LogP contribution is 2.34. The molecule has 0 saturated heterocycles. The van der Waals surface area contributed by atoms with Crippen LogP contribution in [0.25, 0.3) is 0 Å². The van der Waals surface area contributed by atoms with E-state index in [9.17, 15) is 0 Å². The fourth-order valence-electron chi connectivity index (χ4n) is 2.09. The van der Waals surface area contributed by atoms with Crippen molar-refractivity contribution >= 4 is 23.6 Å². The van der Waals surface area contributed by atoms with Crippen molar-refractivity contribution in [2.24, 2.45) is 0 Å². The van der Waals surface area contributed by atoms with E-state index in [2.05, 4.69) is 32.0 Å². The summed E-state index contributed by atoms with van der Waals surface area (Å²) in [6, 6.07) is 0.591. The van der Waals surface area contributed by atoms with Gasteiger partial charge in [0.15, 0.2) is 4.77 Å². The molecule has 2 aromatic rings. The molecule has 1 aliphatic carbocycles. The summed E-state index contributed by atoms with van der Waals surface area (Å²) < 4.78 is 4.81. The molecule has 1 aliphatic rings. The predicted octanol–water partition coefficient (Wildman–Crippen LogP) is 2.60. The highest BCUT2D eigenvalue weighted by atomic mass is 32.1. The molecule has 1 saturated carbocycles. The van der Waals surface area contributed by atoms with Crippen molar-refractivity contribution in [3.63, 3.8) is 0 Å². The van der Waals surface area contributed by atoms with Gasteiger partial charge in [0.2, 0.25) is 0 Å². The van der Waals surface area contributed by atoms with E-state index in [-0.39, 0.29) is 0 Å². The molecule has 102 valence electrons. The van der Waals surface area contributed by atoms with Crippen molar-refractivity contribution in [1.29, 1.82) is 0 Å². The van der Waals surface area contributed by atoms with Crippen molar-refractivity contribution in [2.45, 2.75) is 39.0 Å². The van der Waals surface area contributed by atoms with Gasteiger partial charge in [-0.05, 0) is 39.0 Å². The third kappa shape index (κ3) is 2.93. The fourth-order valence-corrected chi connectivity index (χ4v) is 2.99. The van der Waals surface area contributed by atoms with Crippen LogP contribution in [0, 0.1) is 11.7 Å². The molecule has 5 nitrogen and oxygen atoms in total. The van der Waals surface area contributed by atoms with Crippen molar-refractivity contribution < 1.29 is 0 Å². The maximum atomic E-state index is 5.45. The Morgan fingerprint density at radius 3 is 2.95 bits per heavy atom. The summed E-state index contributed by atoms with van der Waals surface area (Å²) in [5, 5.41) is 7.59. The Morgan fingerprint density at radius 2 is 2.32 bits per heavy atom. The molecule has 0 spiro atoms. The second-order valence-electron chi connectivity index (χ2n) is 5.06. The minimum Gasteiger partial charge on any atom is -0.303 e. The maximum Gasteiger partial charge on any atom is 0.199 e. The van der Waals surface area contributed by atoms with E-state index in [4.69, 9.17) is 12.2 Å². The molecule has 2 heterocycles. The SMILES string of the molecule is Cc1nc(CN(C)Cn2ncn(C3CC3)c2=S)cs1. The van der Waals surface area contributed by atoms with Crippen LogP contribution in [-0.4, -0.2) is 31.3 Å². The quantitative estimate of drug-likeness (QED) is 0.795. The summed E-state index contributed by atoms with van der Waals surface area (Å²) in [4.78, 5) is 6.65. The topological polar surface area (TPSA) is 38.9 Å². The first-order valence-corrected chi connectivity index (χ1v) is 7.66. The summed E-state index contributed by atoms with van der Waals surface area (Å²) >= 11 is 7.14. The molecule has 0 aliphatic heterocycles. The summed E-state index contributed by atoms with van der Waals surface area (Å²) in [5.41, 5.74) is 1.11. The van der Waals surface area contributed by atoms with Crippen LogP contribution in [0.3, 0.4) is 0 Å². The molecular formula is C12H17N5S2. The second-order valence-corrected chi connectivity index (χ2v) is 6.49. The van der Waals surface area contributed by atoms with E-state index in [0.29, 0.717) is 12.7 Å². The molecule has 7 heteroatoms. The molecule has 2 aromatic heterocycles. The lowest BCUT2D eigenvalue weighted by molar-refractivity contribution is 0.241. The molecule has 0 radical (unpaired) electrons. The monoisotopic (exact) mass is 295 g/mol. The Kier molecular flexibility index (Phi) is 3.51. The minimum atomic E-state index is 0.591. The lowest BCUT2D eigenvalue weighted by Crippen LogP contribution is -2.22. The lowest BCUT2D eigenvalue weighted by atomic mass is 10.4. The second kappa shape index (κ2) is 5.15. The summed E-state index contributed by atoms with van der Waals surface area (Å²) in [7, 11) is 2.06. The number of aryl methyl sites for hydroxylation is 1. The zero-order chi connectivity index (χ0) is 13.4. The minimum absolute atomic E-state index is 0.591. The van der Waals surface area contributed by atoms with Gasteiger partial charge < -0.3 is 4.57 Å². The predicted molar refractivity (Wildman–Crippen MR) is 77.6 cm³/mol. The van der Waals surface area contributed by atoms with Gasteiger partial charge >= 0.3 is 0 Å². The molecule has 19 heavy (non-hydrogen) atoms. The first kappa shape index (κ1) is 13.0. The Bertz CT molecular complexity index is 622. The Labute approximate surface area is 121 Å². The number of hydrogen-bond acceptors (Lipinski definition) is 5. The summed E-state index contributed by atoms with van der Waals surface area (Å²) in [5.74, 6) is 0. The fraction of sp³-hybridized carbons (Fsp3) is 0.583. The van der Waals surface area contributed by atoms with Crippen LogP contribution in [0.1, 0.15) is 29.6 Å². The molecule has 0 aromatic carbocycles. The van der Waals surface area contributed by atoms with Crippen molar-refractivity contribution in [2.75, 3.05) is 7.05 Å². The van der Waals surface area contributed by atoms with Crippen LogP contribution in [0.2, 0.25) is 0 Å². The van der Waals surface area contributed by atoms with Crippen LogP contribution in [0.4, 0.5) is 0 Å². The highest BCUT2D eigenvalue weighted by Gasteiger charge is 2.25. The Morgan fingerprint density at radius 1 is 1.53 bits per heavy atom. The van der Waals surface area contributed by atoms with Crippen molar-refractivity contribution in [1.82, 2.24) is 24.2 Å². The van der Waals surface area contributed by atoms with E-state index >= 15 is 0 Å². The highest BCUT2D eigenvalue weighted by molar-refractivity contribution is 7.71. The van der Waals surface area contributed by atoms with E-state index in [0.717, 1.165) is 22.0 Å². The van der Waals surface area contributed by atoms with Gasteiger partial charge in [-0.15, -0.1) is 11.3 Å². The van der Waals surface area contributed by atoms with Crippen LogP contribution in [0.15, 0.2) is 11.7 Å². The molecular weight excluding hydrogens is 278 g/mol. The third-order valence-electron chi connectivity index (χ3n) is 3.17. The smallest absolute Gasteiger partial charge is 0.199 e. The summed E-state index contributed by atoms with van der Waals surface area (Å²) in [6.07, 6.45) is 4.32. The van der Waals surface area contributed by atoms with Crippen LogP contribution < -0.4 is 0 Å². The average Bonchev–Trinajstić information content (AvgIpc) is 3.03. The van der Waals surface area contributed by atoms with E-state index in [1.54, 1.807) is 11.3 Å². The van der Waals surface area contributed by atoms with Gasteiger partial charge in [-0.3, -0.25) is 4.90 Å². The number of hydrogen-bond donors (Lipinski definition) is 0. The van der Waals surface area contributed by atoms with Gasteiger partial charge in [-0.25, -0.2) is 9.67 Å². The van der Waals surface area contributed by atoms with E-state index < -0.39 is 0 Å². The molecule has 0 amide bonds. The molecule has 3 rings (SSSR count).